The summed E-state index contributed by atoms with van der Waals surface area (Å²) in [6.45, 7) is 2.85. The van der Waals surface area contributed by atoms with Gasteiger partial charge in [-0.2, -0.15) is 5.26 Å². The molecule has 7 heteroatoms. The Morgan fingerprint density at radius 1 is 1.50 bits per heavy atom. The number of thiazole rings is 1. The van der Waals surface area contributed by atoms with E-state index >= 15 is 0 Å². The van der Waals surface area contributed by atoms with Crippen LogP contribution >= 0.6 is 11.3 Å². The van der Waals surface area contributed by atoms with Crippen molar-refractivity contribution in [1.82, 2.24) is 19.9 Å². The van der Waals surface area contributed by atoms with Crippen LogP contribution in [0.1, 0.15) is 56.9 Å². The minimum Gasteiger partial charge on any atom is -0.365 e. The van der Waals surface area contributed by atoms with Gasteiger partial charge in [-0.15, -0.1) is 0 Å². The number of rotatable bonds is 5. The maximum atomic E-state index is 9.26. The lowest BCUT2D eigenvalue weighted by Crippen LogP contribution is -2.38. The van der Waals surface area contributed by atoms with Gasteiger partial charge < -0.3 is 5.31 Å². The highest BCUT2D eigenvalue weighted by atomic mass is 32.1. The first-order valence-electron chi connectivity index (χ1n) is 12.5. The molecule has 1 aliphatic rings. The van der Waals surface area contributed by atoms with Crippen LogP contribution in [0.25, 0.3) is 10.3 Å². The largest absolute Gasteiger partial charge is 0.365 e. The molecule has 1 fully saturated rings. The molecule has 0 bridgehead atoms. The van der Waals surface area contributed by atoms with E-state index in [0.29, 0.717) is 15.4 Å². The Morgan fingerprint density at radius 3 is 3.07 bits per heavy atom. The first-order chi connectivity index (χ1) is 16.4. The van der Waals surface area contributed by atoms with Crippen molar-refractivity contribution in [2.45, 2.75) is 45.1 Å². The zero-order chi connectivity index (χ0) is 25.7. The average Bonchev–Trinajstić information content (AvgIpc) is 3.24. The monoisotopic (exact) mass is 399 g/mol. The number of anilines is 1. The van der Waals surface area contributed by atoms with Crippen LogP contribution in [0.5, 0.6) is 0 Å². The van der Waals surface area contributed by atoms with E-state index in [0.717, 1.165) is 5.31 Å². The SMILES string of the molecule is [2H]c1cc([2H])c(C([2H])N2CCC([2H])(N([2H])c3ncnc4sc(C([2H])(C)C)nc34)CC2)c([2H])c1C#N. The molecule has 28 heavy (non-hydrogen) atoms. The maximum absolute atomic E-state index is 9.26. The smallest absolute Gasteiger partial charge is 0.162 e. The third-order valence-electron chi connectivity index (χ3n) is 4.37. The van der Waals surface area contributed by atoms with Crippen molar-refractivity contribution in [3.05, 3.63) is 46.7 Å². The van der Waals surface area contributed by atoms with Crippen LogP contribution in [0.15, 0.2) is 30.5 Å². The quantitative estimate of drug-likeness (QED) is 0.694. The number of fused-ring (bicyclic) bond motifs is 1. The lowest BCUT2D eigenvalue weighted by molar-refractivity contribution is 0.211. The molecule has 0 saturated carbocycles. The topological polar surface area (TPSA) is 77.7 Å². The highest BCUT2D eigenvalue weighted by Gasteiger charge is 2.21. The average molecular weight is 400 g/mol. The number of likely N-dealkylation sites (tertiary alicyclic amines) is 1. The molecule has 1 N–H and O–H groups in total. The van der Waals surface area contributed by atoms with Gasteiger partial charge in [0.2, 0.25) is 0 Å². The van der Waals surface area contributed by atoms with Crippen molar-refractivity contribution < 1.29 is 9.64 Å². The van der Waals surface area contributed by atoms with Gasteiger partial charge >= 0.3 is 0 Å². The molecule has 1 aromatic carbocycles. The lowest BCUT2D eigenvalue weighted by atomic mass is 10.0. The maximum Gasteiger partial charge on any atom is 0.162 e. The van der Waals surface area contributed by atoms with Crippen LogP contribution in [0.3, 0.4) is 0 Å². The molecular weight excluding hydrogens is 368 g/mol. The fourth-order valence-corrected chi connectivity index (χ4v) is 3.77. The highest BCUT2D eigenvalue weighted by Crippen LogP contribution is 2.29. The molecule has 6 nitrogen and oxygen atoms in total. The van der Waals surface area contributed by atoms with E-state index < -0.39 is 18.4 Å². The zero-order valence-electron chi connectivity index (χ0n) is 22.7. The summed E-state index contributed by atoms with van der Waals surface area (Å²) in [5.41, 5.74) is 0.277. The summed E-state index contributed by atoms with van der Waals surface area (Å²) in [6.07, 6.45) is 1.71. The molecule has 4 rings (SSSR count). The molecule has 3 aromatic rings. The van der Waals surface area contributed by atoms with Crippen molar-refractivity contribution >= 4 is 27.5 Å². The second kappa shape index (κ2) is 8.21. The Labute approximate surface area is 179 Å². The van der Waals surface area contributed by atoms with Gasteiger partial charge in [0.25, 0.3) is 0 Å². The molecule has 1 atom stereocenters. The van der Waals surface area contributed by atoms with Crippen molar-refractivity contribution in [1.29, 1.82) is 5.26 Å². The Balaban J connectivity index is 1.57. The summed E-state index contributed by atoms with van der Waals surface area (Å²) in [5, 5.41) is 10.8. The van der Waals surface area contributed by atoms with Gasteiger partial charge in [0.05, 0.1) is 22.1 Å². The summed E-state index contributed by atoms with van der Waals surface area (Å²) in [6, 6.07) is 1.01. The van der Waals surface area contributed by atoms with Gasteiger partial charge in [0.15, 0.2) is 7.23 Å². The number of hydrogen-bond acceptors (Lipinski definition) is 7. The van der Waals surface area contributed by atoms with E-state index in [-0.39, 0.29) is 61.0 Å². The number of hydrogen-bond donors (Lipinski definition) is 1. The van der Waals surface area contributed by atoms with E-state index in [1.807, 2.05) is 6.07 Å². The highest BCUT2D eigenvalue weighted by molar-refractivity contribution is 7.18. The molecule has 1 unspecified atom stereocenters. The summed E-state index contributed by atoms with van der Waals surface area (Å²) in [4.78, 5) is 15.2. The second-order valence-electron chi connectivity index (χ2n) is 6.67. The van der Waals surface area contributed by atoms with E-state index in [4.69, 9.17) is 9.64 Å². The minimum absolute atomic E-state index is 0.0586. The van der Waals surface area contributed by atoms with Crippen molar-refractivity contribution in [2.24, 2.45) is 0 Å². The third-order valence-corrected chi connectivity index (χ3v) is 5.56. The van der Waals surface area contributed by atoms with Gasteiger partial charge in [-0.1, -0.05) is 37.3 Å². The Kier molecular flexibility index (Phi) is 3.55. The first kappa shape index (κ1) is 12.1. The Morgan fingerprint density at radius 2 is 2.32 bits per heavy atom. The third kappa shape index (κ3) is 4.13. The second-order valence-corrected chi connectivity index (χ2v) is 7.65. The van der Waals surface area contributed by atoms with Gasteiger partial charge in [0, 0.05) is 34.3 Å². The summed E-state index contributed by atoms with van der Waals surface area (Å²) in [7, 11) is 0. The van der Waals surface area contributed by atoms with E-state index in [9.17, 15) is 5.26 Å². The number of nitriles is 1. The van der Waals surface area contributed by atoms with Crippen LogP contribution in [-0.2, 0) is 6.52 Å². The normalized spacial score (nSPS) is 22.0. The van der Waals surface area contributed by atoms with E-state index in [1.165, 1.54) is 23.7 Å². The van der Waals surface area contributed by atoms with Crippen molar-refractivity contribution in [3.8, 4) is 6.07 Å². The predicted molar refractivity (Wildman–Crippen MR) is 112 cm³/mol. The number of nitrogens with zero attached hydrogens (tertiary/aromatic N) is 5. The van der Waals surface area contributed by atoms with Gasteiger partial charge in [-0.05, 0) is 30.5 Å². The Bertz CT molecular complexity index is 1310. The molecule has 0 spiro atoms. The van der Waals surface area contributed by atoms with E-state index in [2.05, 4.69) is 15.0 Å². The fraction of sp³-hybridized carbons (Fsp3) is 0.429. The van der Waals surface area contributed by atoms with E-state index in [1.54, 1.807) is 18.7 Å². The zero-order valence-corrected chi connectivity index (χ0v) is 16.5. The molecule has 144 valence electrons. The molecule has 1 saturated heterocycles. The molecule has 0 amide bonds. The van der Waals surface area contributed by atoms with Crippen LogP contribution in [0.2, 0.25) is 1.41 Å². The van der Waals surface area contributed by atoms with Gasteiger partial charge in [-0.3, -0.25) is 4.90 Å². The Hall–Kier alpha value is -2.56. The van der Waals surface area contributed by atoms with Crippen LogP contribution in [0.4, 0.5) is 5.82 Å². The number of benzene rings is 1. The van der Waals surface area contributed by atoms with Crippen LogP contribution < -0.4 is 5.31 Å². The van der Waals surface area contributed by atoms with Gasteiger partial charge in [-0.25, -0.2) is 15.0 Å². The summed E-state index contributed by atoms with van der Waals surface area (Å²) >= 11 is 1.26. The molecule has 3 heterocycles. The van der Waals surface area contributed by atoms with Crippen LogP contribution in [0, 0.1) is 11.3 Å². The lowest BCUT2D eigenvalue weighted by Gasteiger charge is -2.32. The molecular formula is C21H24N6S. The molecule has 2 aromatic heterocycles. The first-order valence-corrected chi connectivity index (χ1v) is 9.77. The molecule has 0 aliphatic carbocycles. The molecule has 1 aliphatic heterocycles. The standard InChI is InChI=1S/C21H24N6S/c1-14(2)20-26-18-19(23-13-24-21(18)28-20)25-17-6-8-27(9-7-17)12-16-5-3-4-15(10-16)11-22/h3-5,10,13-14,17H,6-9,12H2,1-2H3,(H,23,24,25)/i4D,5D,10D,12D,14D,17D/hD. The minimum atomic E-state index is -1.35. The van der Waals surface area contributed by atoms with Crippen molar-refractivity contribution in [2.75, 3.05) is 18.4 Å². The van der Waals surface area contributed by atoms with Crippen molar-refractivity contribution in [3.63, 3.8) is 0 Å². The molecule has 0 radical (unpaired) electrons. The number of nitrogens with one attached hydrogen (secondary N) is 1. The summed E-state index contributed by atoms with van der Waals surface area (Å²) in [5.74, 6) is -0.737. The number of piperidine rings is 1. The number of aromatic nitrogens is 3. The van der Waals surface area contributed by atoms with Crippen LogP contribution in [-0.4, -0.2) is 39.0 Å². The fourth-order valence-electron chi connectivity index (χ4n) is 2.92. The predicted octanol–water partition coefficient (Wildman–Crippen LogP) is 4.16. The van der Waals surface area contributed by atoms with Gasteiger partial charge in [0.1, 0.15) is 16.7 Å². The summed E-state index contributed by atoms with van der Waals surface area (Å²) < 4.78 is 58.8.